The van der Waals surface area contributed by atoms with Gasteiger partial charge in [0.1, 0.15) is 11.6 Å². The molecule has 0 bridgehead atoms. The van der Waals surface area contributed by atoms with E-state index in [9.17, 15) is 14.4 Å². The lowest BCUT2D eigenvalue weighted by Crippen LogP contribution is -2.42. The molecule has 0 radical (unpaired) electrons. The zero-order valence-electron chi connectivity index (χ0n) is 22.3. The number of halogens is 2. The highest BCUT2D eigenvalue weighted by molar-refractivity contribution is 7.14. The van der Waals surface area contributed by atoms with Gasteiger partial charge in [0, 0.05) is 27.4 Å². The maximum atomic E-state index is 13.1. The zero-order valence-corrected chi connectivity index (χ0v) is 24.6. The predicted octanol–water partition coefficient (Wildman–Crippen LogP) is 6.81. The summed E-state index contributed by atoms with van der Waals surface area (Å²) in [5, 5.41) is 6.63. The summed E-state index contributed by atoms with van der Waals surface area (Å²) in [7, 11) is 1.27. The van der Waals surface area contributed by atoms with E-state index in [2.05, 4.69) is 10.6 Å². The number of hydrogen-bond donors (Lipinski definition) is 2. The summed E-state index contributed by atoms with van der Waals surface area (Å²) in [5.74, 6) is -1.14. The Labute approximate surface area is 242 Å². The molecule has 0 aliphatic carbocycles. The van der Waals surface area contributed by atoms with E-state index in [1.54, 1.807) is 26.8 Å². The van der Waals surface area contributed by atoms with E-state index in [-0.39, 0.29) is 18.9 Å². The molecular formula is C29H32Cl2N2O5S. The van der Waals surface area contributed by atoms with Gasteiger partial charge in [-0.3, -0.25) is 4.79 Å². The highest BCUT2D eigenvalue weighted by Crippen LogP contribution is 2.37. The molecule has 1 heterocycles. The van der Waals surface area contributed by atoms with E-state index >= 15 is 0 Å². The Kier molecular flexibility index (Phi) is 10.8. The molecule has 0 saturated carbocycles. The van der Waals surface area contributed by atoms with Crippen molar-refractivity contribution in [3.05, 3.63) is 91.6 Å². The van der Waals surface area contributed by atoms with Crippen molar-refractivity contribution in [3.8, 4) is 0 Å². The van der Waals surface area contributed by atoms with Gasteiger partial charge in [-0.1, -0.05) is 47.5 Å². The van der Waals surface area contributed by atoms with Gasteiger partial charge in [-0.25, -0.2) is 9.59 Å². The van der Waals surface area contributed by atoms with Crippen LogP contribution in [0.1, 0.15) is 65.2 Å². The summed E-state index contributed by atoms with van der Waals surface area (Å²) in [6.45, 7) is 5.61. The molecular weight excluding hydrogens is 559 g/mol. The fraction of sp³-hybridized carbons (Fsp3) is 0.345. The Balaban J connectivity index is 1.73. The van der Waals surface area contributed by atoms with Crippen LogP contribution in [0.15, 0.2) is 60.7 Å². The smallest absolute Gasteiger partial charge is 0.407 e. The predicted molar refractivity (Wildman–Crippen MR) is 155 cm³/mol. The largest absolute Gasteiger partial charge is 0.467 e. The summed E-state index contributed by atoms with van der Waals surface area (Å²) < 4.78 is 10.1. The lowest BCUT2D eigenvalue weighted by atomic mass is 9.90. The number of hydrogen-bond acceptors (Lipinski definition) is 6. The van der Waals surface area contributed by atoms with Crippen LogP contribution in [0.25, 0.3) is 0 Å². The summed E-state index contributed by atoms with van der Waals surface area (Å²) in [6.07, 6.45) is 0.168. The Morgan fingerprint density at radius 3 is 2.10 bits per heavy atom. The van der Waals surface area contributed by atoms with Crippen LogP contribution in [0, 0.1) is 0 Å². The van der Waals surface area contributed by atoms with E-state index in [4.69, 9.17) is 32.7 Å². The summed E-state index contributed by atoms with van der Waals surface area (Å²) in [6, 6.07) is 17.9. The molecule has 0 spiro atoms. The average Bonchev–Trinajstić information content (AvgIpc) is 3.34. The Morgan fingerprint density at radius 2 is 1.56 bits per heavy atom. The van der Waals surface area contributed by atoms with Gasteiger partial charge in [0.2, 0.25) is 0 Å². The fourth-order valence-electron chi connectivity index (χ4n) is 3.95. The molecule has 3 rings (SSSR count). The number of carbonyl (C=O) groups is 3. The van der Waals surface area contributed by atoms with Crippen molar-refractivity contribution in [2.75, 3.05) is 13.7 Å². The second-order valence-electron chi connectivity index (χ2n) is 9.87. The van der Waals surface area contributed by atoms with Crippen LogP contribution in [-0.2, 0) is 14.3 Å². The lowest BCUT2D eigenvalue weighted by Gasteiger charge is -2.20. The maximum Gasteiger partial charge on any atom is 0.407 e. The molecule has 2 amide bonds. The lowest BCUT2D eigenvalue weighted by molar-refractivity contribution is -0.143. The number of rotatable bonds is 10. The van der Waals surface area contributed by atoms with Gasteiger partial charge in [-0.05, 0) is 81.1 Å². The Bertz CT molecular complexity index is 1260. The number of carbonyl (C=O) groups excluding carboxylic acids is 3. The van der Waals surface area contributed by atoms with Crippen molar-refractivity contribution < 1.29 is 23.9 Å². The van der Waals surface area contributed by atoms with Crippen molar-refractivity contribution in [1.82, 2.24) is 10.6 Å². The SMILES string of the molecule is COC(=O)[C@H](CCCNC(=O)OC(C)(C)C)NC(=O)c1ccc(C(c2cccc(Cl)c2)c2cccc(Cl)c2)s1. The normalized spacial score (nSPS) is 12.1. The van der Waals surface area contributed by atoms with E-state index in [1.807, 2.05) is 54.6 Å². The highest BCUT2D eigenvalue weighted by atomic mass is 35.5. The minimum atomic E-state index is -0.870. The first-order valence-electron chi connectivity index (χ1n) is 12.4. The zero-order chi connectivity index (χ0) is 28.6. The molecule has 1 atom stereocenters. The van der Waals surface area contributed by atoms with Gasteiger partial charge in [0.25, 0.3) is 5.91 Å². The van der Waals surface area contributed by atoms with Crippen LogP contribution in [0.3, 0.4) is 0 Å². The molecule has 0 fully saturated rings. The van der Waals surface area contributed by atoms with Gasteiger partial charge in [0.05, 0.1) is 12.0 Å². The minimum Gasteiger partial charge on any atom is -0.467 e. The van der Waals surface area contributed by atoms with Crippen molar-refractivity contribution in [1.29, 1.82) is 0 Å². The Morgan fingerprint density at radius 1 is 0.949 bits per heavy atom. The topological polar surface area (TPSA) is 93.7 Å². The van der Waals surface area contributed by atoms with Crippen molar-refractivity contribution >= 4 is 52.5 Å². The molecule has 1 aromatic heterocycles. The number of ether oxygens (including phenoxy) is 2. The average molecular weight is 592 g/mol. The van der Waals surface area contributed by atoms with E-state index < -0.39 is 29.6 Å². The maximum absolute atomic E-state index is 13.1. The monoisotopic (exact) mass is 590 g/mol. The van der Waals surface area contributed by atoms with Crippen LogP contribution in [0.4, 0.5) is 4.79 Å². The molecule has 208 valence electrons. The minimum absolute atomic E-state index is 0.190. The first-order valence-corrected chi connectivity index (χ1v) is 14.0. The van der Waals surface area contributed by atoms with E-state index in [1.165, 1.54) is 18.4 Å². The first kappa shape index (κ1) is 30.5. The van der Waals surface area contributed by atoms with Crippen LogP contribution in [0.2, 0.25) is 10.0 Å². The molecule has 0 saturated heterocycles. The summed E-state index contributed by atoms with van der Waals surface area (Å²) in [4.78, 5) is 38.7. The molecule has 2 aromatic carbocycles. The first-order chi connectivity index (χ1) is 18.5. The number of esters is 1. The van der Waals surface area contributed by atoms with E-state index in [0.29, 0.717) is 21.3 Å². The molecule has 10 heteroatoms. The van der Waals surface area contributed by atoms with Gasteiger partial charge >= 0.3 is 12.1 Å². The van der Waals surface area contributed by atoms with E-state index in [0.717, 1.165) is 16.0 Å². The second kappa shape index (κ2) is 13.8. The van der Waals surface area contributed by atoms with Gasteiger partial charge < -0.3 is 20.1 Å². The number of nitrogens with one attached hydrogen (secondary N) is 2. The number of methoxy groups -OCH3 is 1. The van der Waals surface area contributed by atoms with Gasteiger partial charge in [-0.15, -0.1) is 11.3 Å². The third-order valence-electron chi connectivity index (χ3n) is 5.63. The van der Waals surface area contributed by atoms with Crippen molar-refractivity contribution in [2.45, 2.75) is 51.2 Å². The van der Waals surface area contributed by atoms with Gasteiger partial charge in [0.15, 0.2) is 0 Å². The quantitative estimate of drug-likeness (QED) is 0.200. The van der Waals surface area contributed by atoms with Crippen LogP contribution >= 0.6 is 34.5 Å². The number of benzene rings is 2. The van der Waals surface area contributed by atoms with Crippen LogP contribution in [-0.4, -0.2) is 43.3 Å². The molecule has 0 aliphatic heterocycles. The fourth-order valence-corrected chi connectivity index (χ4v) is 5.42. The summed E-state index contributed by atoms with van der Waals surface area (Å²) in [5.41, 5.74) is 1.32. The third kappa shape index (κ3) is 9.27. The molecule has 7 nitrogen and oxygen atoms in total. The third-order valence-corrected chi connectivity index (χ3v) is 7.25. The molecule has 2 N–H and O–H groups in total. The molecule has 0 aliphatic rings. The number of thiophene rings is 1. The number of alkyl carbamates (subject to hydrolysis) is 1. The van der Waals surface area contributed by atoms with Crippen molar-refractivity contribution in [3.63, 3.8) is 0 Å². The van der Waals surface area contributed by atoms with Crippen LogP contribution in [0.5, 0.6) is 0 Å². The van der Waals surface area contributed by atoms with Crippen LogP contribution < -0.4 is 10.6 Å². The van der Waals surface area contributed by atoms with Crippen molar-refractivity contribution in [2.24, 2.45) is 0 Å². The van der Waals surface area contributed by atoms with Gasteiger partial charge in [-0.2, -0.15) is 0 Å². The molecule has 3 aromatic rings. The second-order valence-corrected chi connectivity index (χ2v) is 11.9. The Hall–Kier alpha value is -3.07. The number of amides is 2. The molecule has 0 unspecified atom stereocenters. The highest BCUT2D eigenvalue weighted by Gasteiger charge is 2.25. The standard InChI is InChI=1S/C29H32Cl2N2O5S/c1-29(2,3)38-28(36)32-15-7-12-22(27(35)37-4)33-26(34)24-14-13-23(39-24)25(18-8-5-10-20(30)16-18)19-9-6-11-21(31)17-19/h5-6,8-11,13-14,16-17,22,25H,7,12,15H2,1-4H3,(H,32,36)(H,33,34)/t22-/m0/s1. The summed E-state index contributed by atoms with van der Waals surface area (Å²) >= 11 is 13.9. The molecule has 39 heavy (non-hydrogen) atoms.